The Kier molecular flexibility index (Phi) is 12.0. The first-order chi connectivity index (χ1) is 14.8. The van der Waals surface area contributed by atoms with Gasteiger partial charge in [0.05, 0.1) is 12.2 Å². The van der Waals surface area contributed by atoms with Gasteiger partial charge >= 0.3 is 19.8 Å². The van der Waals surface area contributed by atoms with Crippen molar-refractivity contribution in [3.63, 3.8) is 0 Å². The fourth-order valence-corrected chi connectivity index (χ4v) is 4.50. The lowest BCUT2D eigenvalue weighted by Gasteiger charge is -2.29. The zero-order valence-electron chi connectivity index (χ0n) is 21.7. The topological polar surface area (TPSA) is 153 Å². The maximum atomic E-state index is 13.2. The van der Waals surface area contributed by atoms with Gasteiger partial charge < -0.3 is 24.3 Å². The van der Waals surface area contributed by atoms with Gasteiger partial charge in [-0.05, 0) is 82.1 Å². The van der Waals surface area contributed by atoms with Crippen molar-refractivity contribution in [1.29, 1.82) is 5.41 Å². The molecule has 0 radical (unpaired) electrons. The molecule has 33 heavy (non-hydrogen) atoms. The second kappa shape index (κ2) is 12.7. The Bertz CT molecular complexity index is 700. The van der Waals surface area contributed by atoms with Crippen LogP contribution in [0.25, 0.3) is 0 Å². The number of hydrogen-bond donors (Lipinski definition) is 3. The number of nitrogens with one attached hydrogen (secondary N) is 2. The molecule has 11 nitrogen and oxygen atoms in total. The third kappa shape index (κ3) is 13.6. The molecule has 0 rings (SSSR count). The fourth-order valence-electron chi connectivity index (χ4n) is 2.46. The van der Waals surface area contributed by atoms with E-state index in [0.29, 0.717) is 0 Å². The SMILES string of the molecule is CC(C)OP(=O)(OC(C)C)[C@@H](N)CCCN(C(=N)NC(=O)OC(C)(C)C)C(=O)OC(C)(C)C. The molecule has 0 aromatic carbocycles. The number of alkyl carbamates (subject to hydrolysis) is 1. The van der Waals surface area contributed by atoms with Crippen LogP contribution in [0.1, 0.15) is 82.1 Å². The highest BCUT2D eigenvalue weighted by Gasteiger charge is 2.36. The van der Waals surface area contributed by atoms with Crippen LogP contribution in [0.4, 0.5) is 9.59 Å². The van der Waals surface area contributed by atoms with E-state index >= 15 is 0 Å². The second-order valence-corrected chi connectivity index (χ2v) is 12.3. The summed E-state index contributed by atoms with van der Waals surface area (Å²) < 4.78 is 34.7. The Morgan fingerprint density at radius 2 is 1.42 bits per heavy atom. The summed E-state index contributed by atoms with van der Waals surface area (Å²) in [5.41, 5.74) is 4.56. The lowest BCUT2D eigenvalue weighted by atomic mass is 10.2. The van der Waals surface area contributed by atoms with Crippen molar-refractivity contribution in [3.05, 3.63) is 0 Å². The van der Waals surface area contributed by atoms with Gasteiger partial charge in [-0.25, -0.2) is 14.5 Å². The van der Waals surface area contributed by atoms with Gasteiger partial charge in [-0.3, -0.25) is 15.3 Å². The van der Waals surface area contributed by atoms with Gasteiger partial charge in [0.15, 0.2) is 0 Å². The van der Waals surface area contributed by atoms with E-state index in [1.54, 1.807) is 69.2 Å². The van der Waals surface area contributed by atoms with E-state index in [2.05, 4.69) is 5.32 Å². The molecular weight excluding hydrogens is 451 g/mol. The van der Waals surface area contributed by atoms with E-state index in [9.17, 15) is 14.2 Å². The molecular formula is C21H43N4O7P. The van der Waals surface area contributed by atoms with Crippen molar-refractivity contribution in [2.75, 3.05) is 6.54 Å². The lowest BCUT2D eigenvalue weighted by molar-refractivity contribution is 0.0355. The zero-order chi connectivity index (χ0) is 26.2. The summed E-state index contributed by atoms with van der Waals surface area (Å²) in [7, 11) is -3.61. The van der Waals surface area contributed by atoms with Crippen LogP contribution in [0.15, 0.2) is 0 Å². The van der Waals surface area contributed by atoms with Crippen molar-refractivity contribution in [2.45, 2.75) is 111 Å². The number of carbonyl (C=O) groups is 2. The van der Waals surface area contributed by atoms with Crippen LogP contribution < -0.4 is 11.1 Å². The maximum Gasteiger partial charge on any atom is 0.417 e. The first-order valence-electron chi connectivity index (χ1n) is 11.1. The lowest BCUT2D eigenvalue weighted by Crippen LogP contribution is -2.49. The summed E-state index contributed by atoms with van der Waals surface area (Å²) in [5.74, 6) is -1.44. The molecule has 0 unspecified atom stereocenters. The number of amides is 2. The van der Waals surface area contributed by atoms with Gasteiger partial charge in [-0.1, -0.05) is 0 Å². The molecule has 4 N–H and O–H groups in total. The molecule has 0 aromatic rings. The third-order valence-electron chi connectivity index (χ3n) is 3.51. The molecule has 0 heterocycles. The summed E-state index contributed by atoms with van der Waals surface area (Å²) in [5, 5.41) is 10.4. The molecule has 1 atom stereocenters. The van der Waals surface area contributed by atoms with Crippen molar-refractivity contribution in [3.8, 4) is 0 Å². The first kappa shape index (κ1) is 31.3. The summed E-state index contributed by atoms with van der Waals surface area (Å²) in [6, 6.07) is 0. The smallest absolute Gasteiger partial charge is 0.417 e. The van der Waals surface area contributed by atoms with E-state index in [4.69, 9.17) is 29.7 Å². The van der Waals surface area contributed by atoms with E-state index in [-0.39, 0.29) is 31.6 Å². The molecule has 0 saturated heterocycles. The Morgan fingerprint density at radius 1 is 0.970 bits per heavy atom. The number of guanidine groups is 1. The molecule has 0 fully saturated rings. The quantitative estimate of drug-likeness (QED) is 0.235. The van der Waals surface area contributed by atoms with Crippen LogP contribution in [-0.4, -0.2) is 58.8 Å². The standard InChI is InChI=1S/C21H43N4O7P/c1-14(2)31-33(28,32-15(3)4)16(22)12-11-13-25(19(27)30-21(8,9)10)17(23)24-18(26)29-20(5,6)7/h14-16H,11-13,22H2,1-10H3,(H2,23,24,26)/t16-/m1/s1. The molecule has 2 amide bonds. The number of nitrogens with zero attached hydrogens (tertiary/aromatic N) is 1. The normalized spacial score (nSPS) is 13.6. The predicted octanol–water partition coefficient (Wildman–Crippen LogP) is 4.79. The van der Waals surface area contributed by atoms with Crippen molar-refractivity contribution < 1.29 is 32.7 Å². The Hall–Kier alpha value is -1.68. The third-order valence-corrected chi connectivity index (χ3v) is 6.01. The van der Waals surface area contributed by atoms with Crippen LogP contribution in [0.3, 0.4) is 0 Å². The molecule has 0 spiro atoms. The molecule has 0 aliphatic rings. The first-order valence-corrected chi connectivity index (χ1v) is 12.7. The van der Waals surface area contributed by atoms with Crippen LogP contribution >= 0.6 is 7.60 Å². The van der Waals surface area contributed by atoms with Crippen molar-refractivity contribution >= 4 is 25.7 Å². The summed E-state index contributed by atoms with van der Waals surface area (Å²) >= 11 is 0. The summed E-state index contributed by atoms with van der Waals surface area (Å²) in [6.07, 6.45) is -1.99. The Labute approximate surface area is 198 Å². The molecule has 0 aliphatic carbocycles. The van der Waals surface area contributed by atoms with Gasteiger partial charge in [-0.2, -0.15) is 0 Å². The average molecular weight is 495 g/mol. The van der Waals surface area contributed by atoms with Crippen LogP contribution in [0, 0.1) is 5.41 Å². The molecule has 0 bridgehead atoms. The van der Waals surface area contributed by atoms with E-state index < -0.39 is 42.7 Å². The van der Waals surface area contributed by atoms with Crippen molar-refractivity contribution in [1.82, 2.24) is 10.2 Å². The maximum absolute atomic E-state index is 13.2. The van der Waals surface area contributed by atoms with Gasteiger partial charge in [0.2, 0.25) is 5.96 Å². The molecule has 0 saturated carbocycles. The largest absolute Gasteiger partial charge is 0.444 e. The number of hydrogen-bond acceptors (Lipinski definition) is 9. The minimum absolute atomic E-state index is 0.0272. The average Bonchev–Trinajstić information content (AvgIpc) is 2.52. The van der Waals surface area contributed by atoms with Gasteiger partial charge in [-0.15, -0.1) is 0 Å². The molecule has 0 aliphatic heterocycles. The van der Waals surface area contributed by atoms with Crippen LogP contribution in [0.2, 0.25) is 0 Å². The number of nitrogens with two attached hydrogens (primary N) is 1. The van der Waals surface area contributed by atoms with Crippen LogP contribution in [-0.2, 0) is 23.1 Å². The molecule has 194 valence electrons. The van der Waals surface area contributed by atoms with Gasteiger partial charge in [0.1, 0.15) is 17.0 Å². The van der Waals surface area contributed by atoms with Gasteiger partial charge in [0.25, 0.3) is 0 Å². The predicted molar refractivity (Wildman–Crippen MR) is 127 cm³/mol. The minimum Gasteiger partial charge on any atom is -0.444 e. The number of ether oxygens (including phenoxy) is 2. The second-order valence-electron chi connectivity index (χ2n) is 10.2. The monoisotopic (exact) mass is 494 g/mol. The Balaban J connectivity index is 5.36. The summed E-state index contributed by atoms with van der Waals surface area (Å²) in [6.45, 7) is 17.0. The number of carbonyl (C=O) groups excluding carboxylic acids is 2. The van der Waals surface area contributed by atoms with E-state index in [0.717, 1.165) is 4.90 Å². The van der Waals surface area contributed by atoms with E-state index in [1.807, 2.05) is 0 Å². The summed E-state index contributed by atoms with van der Waals surface area (Å²) in [4.78, 5) is 25.7. The van der Waals surface area contributed by atoms with Crippen molar-refractivity contribution in [2.24, 2.45) is 5.73 Å². The highest BCUT2D eigenvalue weighted by atomic mass is 31.2. The Morgan fingerprint density at radius 3 is 1.82 bits per heavy atom. The fraction of sp³-hybridized carbons (Fsp3) is 0.857. The minimum atomic E-state index is -3.61. The number of rotatable bonds is 9. The highest BCUT2D eigenvalue weighted by Crippen LogP contribution is 2.54. The van der Waals surface area contributed by atoms with Crippen LogP contribution in [0.5, 0.6) is 0 Å². The van der Waals surface area contributed by atoms with Gasteiger partial charge in [0, 0.05) is 6.54 Å². The molecule has 12 heteroatoms. The highest BCUT2D eigenvalue weighted by molar-refractivity contribution is 7.54. The molecule has 0 aromatic heterocycles. The van der Waals surface area contributed by atoms with E-state index in [1.165, 1.54) is 0 Å². The zero-order valence-corrected chi connectivity index (χ0v) is 22.6.